The first kappa shape index (κ1) is 19.3. The molecule has 2 aliphatic rings. The number of hydrogen-bond acceptors (Lipinski definition) is 8. The monoisotopic (exact) mass is 431 g/mol. The Labute approximate surface area is 182 Å². The summed E-state index contributed by atoms with van der Waals surface area (Å²) in [6.45, 7) is 2.60. The molecule has 0 aromatic carbocycles. The number of carbonyl (C=O) groups is 1. The Hall–Kier alpha value is -3.43. The van der Waals surface area contributed by atoms with E-state index < -0.39 is 11.0 Å². The van der Waals surface area contributed by atoms with Crippen molar-refractivity contribution in [1.82, 2.24) is 19.9 Å². The van der Waals surface area contributed by atoms with E-state index in [2.05, 4.69) is 19.9 Å². The summed E-state index contributed by atoms with van der Waals surface area (Å²) < 4.78 is 11.3. The molecule has 1 saturated carbocycles. The van der Waals surface area contributed by atoms with Gasteiger partial charge in [-0.25, -0.2) is 4.98 Å². The summed E-state index contributed by atoms with van der Waals surface area (Å²) in [5.74, 6) is 0.0261. The van der Waals surface area contributed by atoms with E-state index in [4.69, 9.17) is 14.9 Å². The molecule has 9 heteroatoms. The second kappa shape index (κ2) is 6.54. The summed E-state index contributed by atoms with van der Waals surface area (Å²) >= 11 is 0. The van der Waals surface area contributed by atoms with Crippen LogP contribution in [0.3, 0.4) is 0 Å². The fourth-order valence-electron chi connectivity index (χ4n) is 4.41. The second-order valence-corrected chi connectivity index (χ2v) is 8.71. The molecule has 0 bridgehead atoms. The summed E-state index contributed by atoms with van der Waals surface area (Å²) in [6, 6.07) is 3.63. The first-order valence-corrected chi connectivity index (χ1v) is 10.5. The van der Waals surface area contributed by atoms with E-state index in [0.717, 1.165) is 16.5 Å². The molecule has 4 aromatic rings. The predicted molar refractivity (Wildman–Crippen MR) is 115 cm³/mol. The van der Waals surface area contributed by atoms with Crippen LogP contribution in [0.2, 0.25) is 0 Å². The van der Waals surface area contributed by atoms with Crippen molar-refractivity contribution in [2.24, 2.45) is 5.73 Å². The fourth-order valence-corrected chi connectivity index (χ4v) is 4.41. The highest BCUT2D eigenvalue weighted by molar-refractivity contribution is 5.98. The molecule has 4 aromatic heterocycles. The van der Waals surface area contributed by atoms with E-state index >= 15 is 0 Å². The van der Waals surface area contributed by atoms with Crippen LogP contribution in [0.15, 0.2) is 35.1 Å². The number of carbonyl (C=O) groups excluding carboxylic acids is 1. The summed E-state index contributed by atoms with van der Waals surface area (Å²) in [6.07, 6.45) is 6.90. The van der Waals surface area contributed by atoms with Crippen LogP contribution in [0.1, 0.15) is 36.3 Å². The Morgan fingerprint density at radius 2 is 1.88 bits per heavy atom. The average molecular weight is 431 g/mol. The van der Waals surface area contributed by atoms with Gasteiger partial charge < -0.3 is 20.0 Å². The van der Waals surface area contributed by atoms with Gasteiger partial charge in [-0.1, -0.05) is 0 Å². The molecule has 1 aliphatic heterocycles. The molecule has 2 fully saturated rings. The van der Waals surface area contributed by atoms with E-state index in [-0.39, 0.29) is 12.5 Å². The first-order chi connectivity index (χ1) is 15.4. The number of fused-ring (bicyclic) bond motifs is 2. The zero-order valence-corrected chi connectivity index (χ0v) is 17.5. The van der Waals surface area contributed by atoms with Crippen LogP contribution in [-0.4, -0.2) is 44.2 Å². The van der Waals surface area contributed by atoms with Crippen molar-refractivity contribution in [2.75, 3.05) is 13.2 Å². The zero-order valence-electron chi connectivity index (χ0n) is 17.5. The van der Waals surface area contributed by atoms with Gasteiger partial charge in [0.2, 0.25) is 11.8 Å². The van der Waals surface area contributed by atoms with Gasteiger partial charge >= 0.3 is 0 Å². The van der Waals surface area contributed by atoms with Crippen LogP contribution in [-0.2, 0) is 20.5 Å². The van der Waals surface area contributed by atoms with Crippen molar-refractivity contribution < 1.29 is 19.1 Å². The zero-order chi connectivity index (χ0) is 22.1. The van der Waals surface area contributed by atoms with Gasteiger partial charge in [-0.2, -0.15) is 0 Å². The number of pyridine rings is 3. The Morgan fingerprint density at radius 3 is 2.59 bits per heavy atom. The highest BCUT2D eigenvalue weighted by Crippen LogP contribution is 2.48. The predicted octanol–water partition coefficient (Wildman–Crippen LogP) is 2.27. The molecule has 1 amide bonds. The minimum absolute atomic E-state index is 0.208. The summed E-state index contributed by atoms with van der Waals surface area (Å²) in [5.41, 5.74) is 7.62. The SMILES string of the molecule is Cc1ncc(-c2nc3cc([C@@]4(O)CCOC4)ncc3o2)c2cc(C3(C(N)=O)CC3)ncc12. The van der Waals surface area contributed by atoms with Crippen molar-refractivity contribution in [3.63, 3.8) is 0 Å². The lowest BCUT2D eigenvalue weighted by atomic mass is 9.97. The third-order valence-corrected chi connectivity index (χ3v) is 6.67. The molecule has 162 valence electrons. The Balaban J connectivity index is 1.50. The van der Waals surface area contributed by atoms with Gasteiger partial charge in [0.1, 0.15) is 11.1 Å². The maximum atomic E-state index is 12.0. The molecule has 0 radical (unpaired) electrons. The number of nitrogens with zero attached hydrogens (tertiary/aromatic N) is 4. The third-order valence-electron chi connectivity index (χ3n) is 6.67. The van der Waals surface area contributed by atoms with Crippen molar-refractivity contribution >= 4 is 27.8 Å². The van der Waals surface area contributed by atoms with E-state index in [0.29, 0.717) is 59.8 Å². The molecule has 32 heavy (non-hydrogen) atoms. The topological polar surface area (TPSA) is 137 Å². The maximum Gasteiger partial charge on any atom is 0.229 e. The lowest BCUT2D eigenvalue weighted by Gasteiger charge is -2.18. The molecule has 1 aliphatic carbocycles. The van der Waals surface area contributed by atoms with Gasteiger partial charge in [0.25, 0.3) is 0 Å². The first-order valence-electron chi connectivity index (χ1n) is 10.5. The van der Waals surface area contributed by atoms with Crippen LogP contribution in [0.5, 0.6) is 0 Å². The van der Waals surface area contributed by atoms with Crippen LogP contribution >= 0.6 is 0 Å². The molecular weight excluding hydrogens is 410 g/mol. The van der Waals surface area contributed by atoms with Crippen molar-refractivity contribution in [3.05, 3.63) is 47.8 Å². The number of aromatic nitrogens is 4. The number of aliphatic hydroxyl groups is 1. The number of hydrogen-bond donors (Lipinski definition) is 2. The number of primary amides is 1. The molecular formula is C23H21N5O4. The maximum absolute atomic E-state index is 12.0. The normalized spacial score (nSPS) is 21.9. The molecule has 3 N–H and O–H groups in total. The Morgan fingerprint density at radius 1 is 1.06 bits per heavy atom. The second-order valence-electron chi connectivity index (χ2n) is 8.71. The van der Waals surface area contributed by atoms with Gasteiger partial charge in [-0.15, -0.1) is 0 Å². The van der Waals surface area contributed by atoms with Crippen LogP contribution < -0.4 is 5.73 Å². The molecule has 1 atom stereocenters. The molecule has 9 nitrogen and oxygen atoms in total. The summed E-state index contributed by atoms with van der Waals surface area (Å²) in [7, 11) is 0. The summed E-state index contributed by atoms with van der Waals surface area (Å²) in [4.78, 5) is 30.1. The largest absolute Gasteiger partial charge is 0.434 e. The van der Waals surface area contributed by atoms with Gasteiger partial charge in [0.15, 0.2) is 5.58 Å². The van der Waals surface area contributed by atoms with E-state index in [1.165, 1.54) is 0 Å². The fraction of sp³-hybridized carbons (Fsp3) is 0.348. The Kier molecular flexibility index (Phi) is 3.94. The van der Waals surface area contributed by atoms with E-state index in [1.807, 2.05) is 13.0 Å². The van der Waals surface area contributed by atoms with Crippen LogP contribution in [0, 0.1) is 6.92 Å². The van der Waals surface area contributed by atoms with Crippen LogP contribution in [0.25, 0.3) is 33.3 Å². The third kappa shape index (κ3) is 2.74. The molecule has 0 spiro atoms. The van der Waals surface area contributed by atoms with Crippen molar-refractivity contribution in [2.45, 2.75) is 37.2 Å². The quantitative estimate of drug-likeness (QED) is 0.502. The van der Waals surface area contributed by atoms with E-state index in [1.54, 1.807) is 24.7 Å². The molecule has 1 saturated heterocycles. The van der Waals surface area contributed by atoms with Crippen molar-refractivity contribution in [1.29, 1.82) is 0 Å². The highest BCUT2D eigenvalue weighted by atomic mass is 16.5. The van der Waals surface area contributed by atoms with E-state index in [9.17, 15) is 9.90 Å². The highest BCUT2D eigenvalue weighted by Gasteiger charge is 2.51. The smallest absolute Gasteiger partial charge is 0.229 e. The average Bonchev–Trinajstić information content (AvgIpc) is 3.32. The number of aryl methyl sites for hydroxylation is 1. The van der Waals surface area contributed by atoms with Gasteiger partial charge in [0, 0.05) is 41.9 Å². The summed E-state index contributed by atoms with van der Waals surface area (Å²) in [5, 5.41) is 12.5. The number of nitrogens with two attached hydrogens (primary N) is 1. The minimum Gasteiger partial charge on any atom is -0.434 e. The number of ether oxygens (including phenoxy) is 1. The van der Waals surface area contributed by atoms with Gasteiger partial charge in [-0.05, 0) is 31.9 Å². The number of amides is 1. The molecule has 5 heterocycles. The lowest BCUT2D eigenvalue weighted by molar-refractivity contribution is -0.120. The Bertz CT molecular complexity index is 1400. The number of oxazole rings is 1. The lowest BCUT2D eigenvalue weighted by Crippen LogP contribution is -2.29. The minimum atomic E-state index is -1.11. The van der Waals surface area contributed by atoms with Gasteiger partial charge in [0.05, 0.1) is 35.2 Å². The molecule has 6 rings (SSSR count). The number of rotatable bonds is 4. The van der Waals surface area contributed by atoms with Crippen molar-refractivity contribution in [3.8, 4) is 11.5 Å². The van der Waals surface area contributed by atoms with Crippen LogP contribution in [0.4, 0.5) is 0 Å². The van der Waals surface area contributed by atoms with Gasteiger partial charge in [-0.3, -0.25) is 19.7 Å². The molecule has 0 unspecified atom stereocenters. The standard InChI is InChI=1S/C23H21N5O4/c1-12-14-8-26-18(22(2-3-22)21(24)29)6-13(14)15(9-25-12)20-28-16-7-19(27-10-17(16)32-20)23(30)4-5-31-11-23/h6-10,30H,2-5,11H2,1H3,(H2,24,29)/t23-/m1/s1.